The van der Waals surface area contributed by atoms with Gasteiger partial charge in [-0.15, -0.1) is 0 Å². The number of hydrogen-bond acceptors (Lipinski definition) is 3. The van der Waals surface area contributed by atoms with Crippen LogP contribution in [0, 0.1) is 0 Å². The summed E-state index contributed by atoms with van der Waals surface area (Å²) in [6.07, 6.45) is 4.90. The molecule has 0 bridgehead atoms. The van der Waals surface area contributed by atoms with E-state index < -0.39 is 0 Å². The lowest BCUT2D eigenvalue weighted by molar-refractivity contribution is 0.259. The van der Waals surface area contributed by atoms with Crippen LogP contribution in [0.5, 0.6) is 0 Å². The molecule has 0 aromatic rings. The minimum atomic E-state index is 0.460. The highest BCUT2D eigenvalue weighted by Crippen LogP contribution is 2.16. The highest BCUT2D eigenvalue weighted by molar-refractivity contribution is 4.78. The molecule has 0 unspecified atom stereocenters. The summed E-state index contributed by atoms with van der Waals surface area (Å²) in [4.78, 5) is 2.38. The fourth-order valence-electron chi connectivity index (χ4n) is 2.03. The number of likely N-dealkylation sites (N-methyl/N-ethyl adjacent to an activating group) is 1. The van der Waals surface area contributed by atoms with E-state index in [9.17, 15) is 0 Å². The quantitative estimate of drug-likeness (QED) is 0.721. The number of hydrogen-bond donors (Lipinski definition) is 2. The van der Waals surface area contributed by atoms with E-state index >= 15 is 0 Å². The minimum Gasteiger partial charge on any atom is -0.328 e. The molecule has 1 saturated carbocycles. The highest BCUT2D eigenvalue weighted by atomic mass is 15.1. The maximum absolute atomic E-state index is 5.88. The number of nitrogens with one attached hydrogen (secondary N) is 1. The first-order chi connectivity index (χ1) is 7.09. The molecule has 0 aromatic carbocycles. The van der Waals surface area contributed by atoms with Crippen molar-refractivity contribution < 1.29 is 0 Å². The molecule has 1 rings (SSSR count). The molecular weight excluding hydrogens is 186 g/mol. The topological polar surface area (TPSA) is 41.3 Å². The first-order valence-corrected chi connectivity index (χ1v) is 6.28. The molecule has 0 atom stereocenters. The zero-order valence-electron chi connectivity index (χ0n) is 10.5. The first-order valence-electron chi connectivity index (χ1n) is 6.28. The molecule has 0 saturated heterocycles. The van der Waals surface area contributed by atoms with E-state index in [-0.39, 0.29) is 0 Å². The van der Waals surface area contributed by atoms with Crippen LogP contribution in [0.25, 0.3) is 0 Å². The van der Waals surface area contributed by atoms with Crippen LogP contribution in [-0.2, 0) is 0 Å². The summed E-state index contributed by atoms with van der Waals surface area (Å²) in [5, 5.41) is 3.63. The third-order valence-electron chi connectivity index (χ3n) is 3.55. The average molecular weight is 213 g/mol. The molecule has 3 heteroatoms. The van der Waals surface area contributed by atoms with Crippen LogP contribution in [-0.4, -0.2) is 43.2 Å². The number of nitrogens with zero attached hydrogens (tertiary/aromatic N) is 1. The fourth-order valence-corrected chi connectivity index (χ4v) is 2.03. The van der Waals surface area contributed by atoms with Gasteiger partial charge in [0.2, 0.25) is 0 Å². The van der Waals surface area contributed by atoms with Gasteiger partial charge in [-0.05, 0) is 46.6 Å². The third-order valence-corrected chi connectivity index (χ3v) is 3.55. The maximum Gasteiger partial charge on any atom is 0.0107 e. The monoisotopic (exact) mass is 213 g/mol. The summed E-state index contributed by atoms with van der Waals surface area (Å²) in [6.45, 7) is 6.72. The van der Waals surface area contributed by atoms with Gasteiger partial charge in [0.15, 0.2) is 0 Å². The molecule has 1 fully saturated rings. The minimum absolute atomic E-state index is 0.460. The molecule has 1 aliphatic rings. The van der Waals surface area contributed by atoms with Gasteiger partial charge in [0.25, 0.3) is 0 Å². The molecule has 15 heavy (non-hydrogen) atoms. The van der Waals surface area contributed by atoms with Crippen molar-refractivity contribution in [1.82, 2.24) is 10.2 Å². The second-order valence-corrected chi connectivity index (χ2v) is 5.14. The SMILES string of the molecule is CC(C)N(C)CCNC1CCC(N)CC1. The van der Waals surface area contributed by atoms with Crippen LogP contribution in [0.3, 0.4) is 0 Å². The number of nitrogens with two attached hydrogens (primary N) is 1. The summed E-state index contributed by atoms with van der Waals surface area (Å²) < 4.78 is 0. The zero-order chi connectivity index (χ0) is 11.3. The molecule has 0 amide bonds. The van der Waals surface area contributed by atoms with Crippen molar-refractivity contribution in [3.05, 3.63) is 0 Å². The van der Waals surface area contributed by atoms with Crippen LogP contribution < -0.4 is 11.1 Å². The Kier molecular flexibility index (Phi) is 5.58. The average Bonchev–Trinajstić information content (AvgIpc) is 2.20. The second-order valence-electron chi connectivity index (χ2n) is 5.14. The van der Waals surface area contributed by atoms with Gasteiger partial charge in [-0.3, -0.25) is 0 Å². The van der Waals surface area contributed by atoms with Crippen molar-refractivity contribution in [2.24, 2.45) is 5.73 Å². The van der Waals surface area contributed by atoms with Gasteiger partial charge in [0, 0.05) is 31.2 Å². The zero-order valence-corrected chi connectivity index (χ0v) is 10.5. The highest BCUT2D eigenvalue weighted by Gasteiger charge is 2.17. The van der Waals surface area contributed by atoms with E-state index in [1.807, 2.05) is 0 Å². The third kappa shape index (κ3) is 4.96. The summed E-state index contributed by atoms with van der Waals surface area (Å²) in [6, 6.07) is 1.82. The lowest BCUT2D eigenvalue weighted by atomic mass is 9.92. The Hall–Kier alpha value is -0.120. The Bertz CT molecular complexity index is 162. The van der Waals surface area contributed by atoms with E-state index in [0.29, 0.717) is 18.1 Å². The van der Waals surface area contributed by atoms with Crippen LogP contribution in [0.15, 0.2) is 0 Å². The Labute approximate surface area is 94.4 Å². The molecule has 90 valence electrons. The van der Waals surface area contributed by atoms with Gasteiger partial charge in [0.05, 0.1) is 0 Å². The predicted molar refractivity (Wildman–Crippen MR) is 66.0 cm³/mol. The Morgan fingerprint density at radius 2 is 1.87 bits per heavy atom. The molecule has 0 aromatic heterocycles. The number of rotatable bonds is 5. The van der Waals surface area contributed by atoms with Crippen molar-refractivity contribution in [2.45, 2.75) is 57.7 Å². The molecule has 3 nitrogen and oxygen atoms in total. The first kappa shape index (κ1) is 12.9. The van der Waals surface area contributed by atoms with E-state index in [2.05, 4.69) is 31.1 Å². The molecular formula is C12H27N3. The standard InChI is InChI=1S/C12H27N3/c1-10(2)15(3)9-8-14-12-6-4-11(13)5-7-12/h10-12,14H,4-9,13H2,1-3H3. The molecule has 1 aliphatic carbocycles. The summed E-state index contributed by atoms with van der Waals surface area (Å²) >= 11 is 0. The van der Waals surface area contributed by atoms with Crippen molar-refractivity contribution >= 4 is 0 Å². The smallest absolute Gasteiger partial charge is 0.0107 e. The Morgan fingerprint density at radius 3 is 2.40 bits per heavy atom. The Morgan fingerprint density at radius 1 is 1.27 bits per heavy atom. The van der Waals surface area contributed by atoms with E-state index in [1.165, 1.54) is 25.7 Å². The maximum atomic E-state index is 5.88. The van der Waals surface area contributed by atoms with Crippen LogP contribution in [0.1, 0.15) is 39.5 Å². The summed E-state index contributed by atoms with van der Waals surface area (Å²) in [5.74, 6) is 0. The van der Waals surface area contributed by atoms with E-state index in [0.717, 1.165) is 13.1 Å². The van der Waals surface area contributed by atoms with Crippen LogP contribution >= 0.6 is 0 Å². The van der Waals surface area contributed by atoms with Crippen molar-refractivity contribution in [3.8, 4) is 0 Å². The lowest BCUT2D eigenvalue weighted by Gasteiger charge is -2.28. The molecule has 0 spiro atoms. The second kappa shape index (κ2) is 6.46. The summed E-state index contributed by atoms with van der Waals surface area (Å²) in [7, 11) is 2.18. The predicted octanol–water partition coefficient (Wildman–Crippen LogP) is 1.19. The van der Waals surface area contributed by atoms with Crippen molar-refractivity contribution in [1.29, 1.82) is 0 Å². The van der Waals surface area contributed by atoms with Crippen LogP contribution in [0.4, 0.5) is 0 Å². The van der Waals surface area contributed by atoms with Gasteiger partial charge < -0.3 is 16.0 Å². The lowest BCUT2D eigenvalue weighted by Crippen LogP contribution is -2.41. The molecule has 0 aliphatic heterocycles. The largest absolute Gasteiger partial charge is 0.328 e. The molecule has 0 heterocycles. The van der Waals surface area contributed by atoms with E-state index in [1.54, 1.807) is 0 Å². The normalized spacial score (nSPS) is 27.6. The molecule has 0 radical (unpaired) electrons. The van der Waals surface area contributed by atoms with Gasteiger partial charge in [0.1, 0.15) is 0 Å². The van der Waals surface area contributed by atoms with Crippen LogP contribution in [0.2, 0.25) is 0 Å². The van der Waals surface area contributed by atoms with Gasteiger partial charge >= 0.3 is 0 Å². The van der Waals surface area contributed by atoms with Gasteiger partial charge in [-0.2, -0.15) is 0 Å². The summed E-state index contributed by atoms with van der Waals surface area (Å²) in [5.41, 5.74) is 5.88. The molecule has 3 N–H and O–H groups in total. The van der Waals surface area contributed by atoms with Crippen molar-refractivity contribution in [3.63, 3.8) is 0 Å². The Balaban J connectivity index is 2.05. The van der Waals surface area contributed by atoms with Gasteiger partial charge in [-0.25, -0.2) is 0 Å². The fraction of sp³-hybridized carbons (Fsp3) is 1.00. The van der Waals surface area contributed by atoms with Crippen molar-refractivity contribution in [2.75, 3.05) is 20.1 Å². The van der Waals surface area contributed by atoms with Gasteiger partial charge in [-0.1, -0.05) is 0 Å². The van der Waals surface area contributed by atoms with E-state index in [4.69, 9.17) is 5.73 Å².